The van der Waals surface area contributed by atoms with Gasteiger partial charge in [0.25, 0.3) is 5.91 Å². The Morgan fingerprint density at radius 1 is 1.22 bits per heavy atom. The van der Waals surface area contributed by atoms with Gasteiger partial charge in [-0.25, -0.2) is 4.39 Å². The summed E-state index contributed by atoms with van der Waals surface area (Å²) < 4.78 is 24.2. The van der Waals surface area contributed by atoms with Gasteiger partial charge >= 0.3 is 0 Å². The van der Waals surface area contributed by atoms with Crippen molar-refractivity contribution in [1.29, 1.82) is 0 Å². The summed E-state index contributed by atoms with van der Waals surface area (Å²) in [7, 11) is 0. The van der Waals surface area contributed by atoms with Crippen molar-refractivity contribution in [2.24, 2.45) is 0 Å². The number of nitrogens with zero attached hydrogens (tertiary/aromatic N) is 1. The Bertz CT molecular complexity index is 745. The van der Waals surface area contributed by atoms with E-state index < -0.39 is 0 Å². The van der Waals surface area contributed by atoms with Crippen molar-refractivity contribution < 1.29 is 18.7 Å². The van der Waals surface area contributed by atoms with Crippen LogP contribution in [0.15, 0.2) is 48.5 Å². The zero-order chi connectivity index (χ0) is 19.1. The van der Waals surface area contributed by atoms with E-state index in [0.717, 1.165) is 24.2 Å². The highest BCUT2D eigenvalue weighted by molar-refractivity contribution is 5.77. The second kappa shape index (κ2) is 9.48. The number of amides is 1. The molecule has 6 heteroatoms. The molecular weight excluding hydrogens is 347 g/mol. The van der Waals surface area contributed by atoms with Crippen LogP contribution in [-0.4, -0.2) is 50.3 Å². The molecule has 2 aromatic rings. The number of hydrogen-bond acceptors (Lipinski definition) is 4. The number of aryl methyl sites for hydroxylation is 1. The number of ether oxygens (including phenoxy) is 2. The second-order valence-corrected chi connectivity index (χ2v) is 6.62. The van der Waals surface area contributed by atoms with Crippen LogP contribution in [0, 0.1) is 12.7 Å². The molecule has 27 heavy (non-hydrogen) atoms. The van der Waals surface area contributed by atoms with Gasteiger partial charge < -0.3 is 14.8 Å². The van der Waals surface area contributed by atoms with Gasteiger partial charge in [-0.2, -0.15) is 0 Å². The highest BCUT2D eigenvalue weighted by atomic mass is 19.1. The third-order valence-electron chi connectivity index (χ3n) is 4.59. The smallest absolute Gasteiger partial charge is 0.258 e. The summed E-state index contributed by atoms with van der Waals surface area (Å²) >= 11 is 0. The molecule has 0 aliphatic carbocycles. The summed E-state index contributed by atoms with van der Waals surface area (Å²) in [5, 5.41) is 2.94. The lowest BCUT2D eigenvalue weighted by atomic mass is 10.0. The van der Waals surface area contributed by atoms with Crippen LogP contribution in [0.25, 0.3) is 0 Å². The molecule has 144 valence electrons. The number of carbonyl (C=O) groups excluding carboxylic acids is 1. The lowest BCUT2D eigenvalue weighted by Gasteiger charge is -2.35. The van der Waals surface area contributed by atoms with Gasteiger partial charge in [0.2, 0.25) is 0 Å². The maximum absolute atomic E-state index is 13.3. The molecule has 1 N–H and O–H groups in total. The van der Waals surface area contributed by atoms with Crippen LogP contribution >= 0.6 is 0 Å². The molecule has 0 saturated carbocycles. The van der Waals surface area contributed by atoms with Gasteiger partial charge in [-0.15, -0.1) is 0 Å². The number of rotatable bonds is 7. The van der Waals surface area contributed by atoms with Gasteiger partial charge in [0.05, 0.1) is 19.3 Å². The Hall–Kier alpha value is -2.44. The fraction of sp³-hybridized carbons (Fsp3) is 0.381. The number of carbonyl (C=O) groups is 1. The second-order valence-electron chi connectivity index (χ2n) is 6.62. The molecule has 3 rings (SSSR count). The molecule has 0 aromatic heterocycles. The minimum Gasteiger partial charge on any atom is -0.484 e. The molecule has 0 unspecified atom stereocenters. The first-order valence-corrected chi connectivity index (χ1v) is 9.15. The first kappa shape index (κ1) is 19.3. The molecule has 1 fully saturated rings. The highest BCUT2D eigenvalue weighted by Crippen LogP contribution is 2.21. The van der Waals surface area contributed by atoms with E-state index >= 15 is 0 Å². The predicted molar refractivity (Wildman–Crippen MR) is 101 cm³/mol. The lowest BCUT2D eigenvalue weighted by Crippen LogP contribution is -2.44. The first-order chi connectivity index (χ1) is 13.1. The molecule has 1 atom stereocenters. The van der Waals surface area contributed by atoms with Crippen LogP contribution in [-0.2, 0) is 9.53 Å². The average molecular weight is 372 g/mol. The van der Waals surface area contributed by atoms with Gasteiger partial charge in [0.15, 0.2) is 6.61 Å². The van der Waals surface area contributed by atoms with Gasteiger partial charge in [0, 0.05) is 19.6 Å². The number of morpholine rings is 1. The molecule has 5 nitrogen and oxygen atoms in total. The summed E-state index contributed by atoms with van der Waals surface area (Å²) in [6.07, 6.45) is 0. The van der Waals surface area contributed by atoms with Gasteiger partial charge in [-0.05, 0) is 42.3 Å². The molecule has 1 aliphatic rings. The monoisotopic (exact) mass is 372 g/mol. The predicted octanol–water partition coefficient (Wildman–Crippen LogP) is 2.70. The van der Waals surface area contributed by atoms with E-state index in [1.54, 1.807) is 12.1 Å². The maximum Gasteiger partial charge on any atom is 0.258 e. The van der Waals surface area contributed by atoms with Crippen molar-refractivity contribution >= 4 is 5.91 Å². The van der Waals surface area contributed by atoms with E-state index in [-0.39, 0.29) is 24.4 Å². The van der Waals surface area contributed by atoms with E-state index in [4.69, 9.17) is 9.47 Å². The van der Waals surface area contributed by atoms with Crippen molar-refractivity contribution in [3.8, 4) is 5.75 Å². The summed E-state index contributed by atoms with van der Waals surface area (Å²) in [6.45, 7) is 5.23. The summed E-state index contributed by atoms with van der Waals surface area (Å²) in [5.74, 6) is 0.223. The summed E-state index contributed by atoms with van der Waals surface area (Å²) in [6, 6.07) is 14.0. The van der Waals surface area contributed by atoms with E-state index in [1.807, 2.05) is 31.2 Å². The lowest BCUT2D eigenvalue weighted by molar-refractivity contribution is -0.123. The third kappa shape index (κ3) is 5.77. The van der Waals surface area contributed by atoms with Crippen LogP contribution in [0.2, 0.25) is 0 Å². The minimum atomic E-state index is -0.268. The maximum atomic E-state index is 13.3. The van der Waals surface area contributed by atoms with E-state index in [2.05, 4.69) is 10.2 Å². The van der Waals surface area contributed by atoms with Crippen LogP contribution in [0.5, 0.6) is 5.75 Å². The fourth-order valence-corrected chi connectivity index (χ4v) is 3.15. The third-order valence-corrected chi connectivity index (χ3v) is 4.59. The van der Waals surface area contributed by atoms with Gasteiger partial charge in [-0.3, -0.25) is 9.69 Å². The van der Waals surface area contributed by atoms with Crippen LogP contribution in [0.4, 0.5) is 4.39 Å². The summed E-state index contributed by atoms with van der Waals surface area (Å²) in [5.41, 5.74) is 2.05. The molecule has 0 bridgehead atoms. The molecule has 0 spiro atoms. The quantitative estimate of drug-likeness (QED) is 0.812. The van der Waals surface area contributed by atoms with Gasteiger partial charge in [-0.1, -0.05) is 24.3 Å². The summed E-state index contributed by atoms with van der Waals surface area (Å²) in [4.78, 5) is 14.5. The van der Waals surface area contributed by atoms with Gasteiger partial charge in [0.1, 0.15) is 11.6 Å². The van der Waals surface area contributed by atoms with Crippen molar-refractivity contribution in [2.75, 3.05) is 39.5 Å². The number of nitrogens with one attached hydrogen (secondary N) is 1. The normalized spacial score (nSPS) is 15.9. The number of benzene rings is 2. The largest absolute Gasteiger partial charge is 0.484 e. The fourth-order valence-electron chi connectivity index (χ4n) is 3.15. The zero-order valence-corrected chi connectivity index (χ0v) is 15.5. The average Bonchev–Trinajstić information content (AvgIpc) is 2.69. The van der Waals surface area contributed by atoms with Crippen LogP contribution in [0.1, 0.15) is 17.2 Å². The first-order valence-electron chi connectivity index (χ1n) is 9.15. The Labute approximate surface area is 159 Å². The molecule has 1 saturated heterocycles. The molecule has 2 aromatic carbocycles. The molecule has 0 radical (unpaired) electrons. The van der Waals surface area contributed by atoms with E-state index in [9.17, 15) is 9.18 Å². The molecular formula is C21H25FN2O3. The molecule has 1 heterocycles. The molecule has 1 aliphatic heterocycles. The Balaban J connectivity index is 1.58. The number of halogens is 1. The Morgan fingerprint density at radius 2 is 1.96 bits per heavy atom. The van der Waals surface area contributed by atoms with E-state index in [0.29, 0.717) is 25.5 Å². The van der Waals surface area contributed by atoms with Crippen LogP contribution in [0.3, 0.4) is 0 Å². The Kier molecular flexibility index (Phi) is 6.79. The minimum absolute atomic E-state index is 0.0302. The number of hydrogen-bond donors (Lipinski definition) is 1. The highest BCUT2D eigenvalue weighted by Gasteiger charge is 2.23. The topological polar surface area (TPSA) is 50.8 Å². The molecule has 1 amide bonds. The standard InChI is InChI=1S/C21H25FN2O3/c1-16-3-2-4-19(13-16)27-15-21(25)23-14-20(24-9-11-26-12-10-24)17-5-7-18(22)8-6-17/h2-8,13,20H,9-12,14-15H2,1H3,(H,23,25)/t20-/m0/s1. The van der Waals surface area contributed by atoms with Crippen molar-refractivity contribution in [1.82, 2.24) is 10.2 Å². The Morgan fingerprint density at radius 3 is 2.67 bits per heavy atom. The van der Waals surface area contributed by atoms with Crippen LogP contribution < -0.4 is 10.1 Å². The van der Waals surface area contributed by atoms with Crippen molar-refractivity contribution in [2.45, 2.75) is 13.0 Å². The SMILES string of the molecule is Cc1cccc(OCC(=O)NC[C@@H](c2ccc(F)cc2)N2CCOCC2)c1. The van der Waals surface area contributed by atoms with Crippen molar-refractivity contribution in [3.63, 3.8) is 0 Å². The zero-order valence-electron chi connectivity index (χ0n) is 15.5. The van der Waals surface area contributed by atoms with E-state index in [1.165, 1.54) is 12.1 Å². The van der Waals surface area contributed by atoms with Crippen molar-refractivity contribution in [3.05, 3.63) is 65.5 Å².